The van der Waals surface area contributed by atoms with E-state index in [1.807, 2.05) is 39.0 Å². The number of hydrogen-bond donors (Lipinski definition) is 1. The van der Waals surface area contributed by atoms with Crippen molar-refractivity contribution in [3.05, 3.63) is 29.5 Å². The molecule has 0 bridgehead atoms. The number of methoxy groups -OCH3 is 1. The van der Waals surface area contributed by atoms with Crippen LogP contribution in [0.4, 0.5) is 0 Å². The average Bonchev–Trinajstić information content (AvgIpc) is 2.73. The predicted molar refractivity (Wildman–Crippen MR) is 65.6 cm³/mol. The second-order valence-corrected chi connectivity index (χ2v) is 3.11. The Bertz CT molecular complexity index is 494. The number of aromatic nitrogens is 2. The molecule has 0 unspecified atom stereocenters. The summed E-state index contributed by atoms with van der Waals surface area (Å²) in [6.45, 7) is 5.98. The molecule has 1 heterocycles. The van der Waals surface area contributed by atoms with Crippen molar-refractivity contribution in [2.45, 2.75) is 20.8 Å². The van der Waals surface area contributed by atoms with E-state index in [0.29, 0.717) is 5.69 Å². The van der Waals surface area contributed by atoms with Crippen LogP contribution in [0.15, 0.2) is 18.2 Å². The lowest BCUT2D eigenvalue weighted by atomic mass is 10.1. The smallest absolute Gasteiger partial charge is 0.359 e. The van der Waals surface area contributed by atoms with Gasteiger partial charge in [-0.05, 0) is 18.6 Å². The van der Waals surface area contributed by atoms with Gasteiger partial charge in [0.05, 0.1) is 12.6 Å². The third-order valence-electron chi connectivity index (χ3n) is 2.10. The second kappa shape index (κ2) is 5.30. The summed E-state index contributed by atoms with van der Waals surface area (Å²) in [5.74, 6) is -0.417. The first kappa shape index (κ1) is 12.2. The van der Waals surface area contributed by atoms with Crippen molar-refractivity contribution in [1.82, 2.24) is 10.2 Å². The zero-order valence-corrected chi connectivity index (χ0v) is 10.00. The zero-order valence-electron chi connectivity index (χ0n) is 10.00. The van der Waals surface area contributed by atoms with Gasteiger partial charge < -0.3 is 4.74 Å². The van der Waals surface area contributed by atoms with Crippen molar-refractivity contribution in [2.24, 2.45) is 0 Å². The fourth-order valence-corrected chi connectivity index (χ4v) is 1.39. The number of benzene rings is 1. The monoisotopic (exact) mass is 222 g/mol. The molecule has 0 saturated heterocycles. The van der Waals surface area contributed by atoms with Crippen LogP contribution in [0.3, 0.4) is 0 Å². The summed E-state index contributed by atoms with van der Waals surface area (Å²) in [6, 6.07) is 5.74. The molecule has 16 heavy (non-hydrogen) atoms. The molecule has 88 valence electrons. The highest BCUT2D eigenvalue weighted by molar-refractivity contribution is 6.01. The molecular formula is C12H18N2O2. The summed E-state index contributed by atoms with van der Waals surface area (Å²) in [5.41, 5.74) is 2.31. The molecule has 1 N–H and O–H groups in total. The Morgan fingerprint density at radius 1 is 1.44 bits per heavy atom. The average molecular weight is 222 g/mol. The first-order valence-electron chi connectivity index (χ1n) is 5.25. The molecule has 0 aliphatic carbocycles. The van der Waals surface area contributed by atoms with Crippen molar-refractivity contribution in [2.75, 3.05) is 7.11 Å². The molecule has 1 aromatic carbocycles. The highest BCUT2D eigenvalue weighted by atomic mass is 16.5. The summed E-state index contributed by atoms with van der Waals surface area (Å²) in [6.07, 6.45) is 0. The maximum Gasteiger partial charge on any atom is 0.359 e. The standard InChI is InChI=1S/C10H10N2O2.C2H6.H2/c1-6-3-4-7-8(5-6)11-12-9(7)10(13)14-2;1-2;/h3-5H,1-2H3,(H,11,12);1-2H3;1H. The minimum Gasteiger partial charge on any atom is -0.464 e. The maximum atomic E-state index is 11.3. The van der Waals surface area contributed by atoms with Crippen molar-refractivity contribution in [1.29, 1.82) is 0 Å². The minimum absolute atomic E-state index is 0. The lowest BCUT2D eigenvalue weighted by Crippen LogP contribution is -2.01. The van der Waals surface area contributed by atoms with Gasteiger partial charge in [0.1, 0.15) is 0 Å². The molecule has 0 saturated carbocycles. The Balaban J connectivity index is 0.000000811. The lowest BCUT2D eigenvalue weighted by Gasteiger charge is -1.95. The van der Waals surface area contributed by atoms with E-state index in [0.717, 1.165) is 16.5 Å². The van der Waals surface area contributed by atoms with Crippen molar-refractivity contribution < 1.29 is 11.0 Å². The third-order valence-corrected chi connectivity index (χ3v) is 2.10. The van der Waals surface area contributed by atoms with Gasteiger partial charge >= 0.3 is 5.97 Å². The van der Waals surface area contributed by atoms with E-state index < -0.39 is 5.97 Å². The largest absolute Gasteiger partial charge is 0.464 e. The number of aryl methyl sites for hydroxylation is 1. The van der Waals surface area contributed by atoms with Crippen LogP contribution in [-0.4, -0.2) is 23.3 Å². The van der Waals surface area contributed by atoms with Gasteiger partial charge in [-0.3, -0.25) is 5.10 Å². The number of ether oxygens (including phenoxy) is 1. The van der Waals surface area contributed by atoms with Crippen LogP contribution in [0.25, 0.3) is 10.9 Å². The Hall–Kier alpha value is -1.84. The van der Waals surface area contributed by atoms with Crippen LogP contribution < -0.4 is 0 Å². The molecule has 4 nitrogen and oxygen atoms in total. The Labute approximate surface area is 96.1 Å². The molecule has 0 spiro atoms. The summed E-state index contributed by atoms with van der Waals surface area (Å²) < 4.78 is 4.61. The summed E-state index contributed by atoms with van der Waals surface area (Å²) >= 11 is 0. The minimum atomic E-state index is -0.417. The van der Waals surface area contributed by atoms with Crippen LogP contribution in [0.1, 0.15) is 31.3 Å². The maximum absolute atomic E-state index is 11.3. The van der Waals surface area contributed by atoms with Crippen LogP contribution >= 0.6 is 0 Å². The second-order valence-electron chi connectivity index (χ2n) is 3.11. The van der Waals surface area contributed by atoms with E-state index >= 15 is 0 Å². The molecular weight excluding hydrogens is 204 g/mol. The quantitative estimate of drug-likeness (QED) is 0.755. The Morgan fingerprint density at radius 3 is 2.75 bits per heavy atom. The van der Waals surface area contributed by atoms with Gasteiger partial charge in [-0.15, -0.1) is 0 Å². The van der Waals surface area contributed by atoms with Gasteiger partial charge in [-0.2, -0.15) is 5.10 Å². The van der Waals surface area contributed by atoms with Gasteiger partial charge in [-0.1, -0.05) is 26.0 Å². The Morgan fingerprint density at radius 2 is 2.12 bits per heavy atom. The summed E-state index contributed by atoms with van der Waals surface area (Å²) in [7, 11) is 1.34. The van der Waals surface area contributed by atoms with Crippen LogP contribution in [0, 0.1) is 6.92 Å². The number of H-pyrrole nitrogens is 1. The van der Waals surface area contributed by atoms with Crippen LogP contribution in [-0.2, 0) is 4.74 Å². The van der Waals surface area contributed by atoms with E-state index in [4.69, 9.17) is 0 Å². The van der Waals surface area contributed by atoms with Gasteiger partial charge in [0, 0.05) is 6.81 Å². The van der Waals surface area contributed by atoms with E-state index in [1.54, 1.807) is 0 Å². The highest BCUT2D eigenvalue weighted by Gasteiger charge is 2.13. The number of fused-ring (bicyclic) bond motifs is 1. The van der Waals surface area contributed by atoms with E-state index in [2.05, 4.69) is 14.9 Å². The first-order valence-corrected chi connectivity index (χ1v) is 5.25. The molecule has 0 fully saturated rings. The van der Waals surface area contributed by atoms with Gasteiger partial charge in [0.2, 0.25) is 0 Å². The topological polar surface area (TPSA) is 55.0 Å². The number of esters is 1. The molecule has 0 aliphatic heterocycles. The third kappa shape index (κ3) is 2.21. The van der Waals surface area contributed by atoms with Gasteiger partial charge in [0.25, 0.3) is 0 Å². The predicted octanol–water partition coefficient (Wildman–Crippen LogP) is 2.93. The number of carbonyl (C=O) groups excluding carboxylic acids is 1. The molecule has 4 heteroatoms. The normalized spacial score (nSPS) is 9.50. The molecule has 0 radical (unpaired) electrons. The van der Waals surface area contributed by atoms with E-state index in [9.17, 15) is 4.79 Å². The number of carbonyl (C=O) groups is 1. The molecule has 2 rings (SSSR count). The summed E-state index contributed by atoms with van der Waals surface area (Å²) in [4.78, 5) is 11.3. The molecule has 0 amide bonds. The van der Waals surface area contributed by atoms with E-state index in [-0.39, 0.29) is 1.43 Å². The van der Waals surface area contributed by atoms with Crippen molar-refractivity contribution >= 4 is 16.9 Å². The van der Waals surface area contributed by atoms with Gasteiger partial charge in [0.15, 0.2) is 5.69 Å². The number of hydrogen-bond acceptors (Lipinski definition) is 3. The number of nitrogens with zero attached hydrogens (tertiary/aromatic N) is 1. The van der Waals surface area contributed by atoms with E-state index in [1.165, 1.54) is 7.11 Å². The van der Waals surface area contributed by atoms with Crippen LogP contribution in [0.2, 0.25) is 0 Å². The number of aromatic amines is 1. The molecule has 2 aromatic rings. The van der Waals surface area contributed by atoms with Crippen molar-refractivity contribution in [3.8, 4) is 0 Å². The first-order chi connectivity index (χ1) is 7.72. The molecule has 0 atom stereocenters. The zero-order chi connectivity index (χ0) is 12.1. The number of nitrogens with one attached hydrogen (secondary N) is 1. The van der Waals surface area contributed by atoms with Crippen LogP contribution in [0.5, 0.6) is 0 Å². The van der Waals surface area contributed by atoms with Crippen molar-refractivity contribution in [3.63, 3.8) is 0 Å². The van der Waals surface area contributed by atoms with Gasteiger partial charge in [-0.25, -0.2) is 4.79 Å². The highest BCUT2D eigenvalue weighted by Crippen LogP contribution is 2.17. The SMILES string of the molecule is CC.COC(=O)c1n[nH]c2cc(C)ccc12.[HH]. The molecule has 1 aromatic heterocycles. The summed E-state index contributed by atoms with van der Waals surface area (Å²) in [5, 5.41) is 7.49. The Kier molecular flexibility index (Phi) is 4.05. The number of rotatable bonds is 1. The fraction of sp³-hybridized carbons (Fsp3) is 0.333. The lowest BCUT2D eigenvalue weighted by molar-refractivity contribution is 0.0596. The fourth-order valence-electron chi connectivity index (χ4n) is 1.39. The molecule has 0 aliphatic rings.